The van der Waals surface area contributed by atoms with Gasteiger partial charge in [-0.05, 0) is 34.5 Å². The van der Waals surface area contributed by atoms with Gasteiger partial charge in [0.25, 0.3) is 10.2 Å². The van der Waals surface area contributed by atoms with Gasteiger partial charge in [0, 0.05) is 6.54 Å². The van der Waals surface area contributed by atoms with Gasteiger partial charge in [0.1, 0.15) is 0 Å². The van der Waals surface area contributed by atoms with Crippen molar-refractivity contribution in [3.63, 3.8) is 0 Å². The Kier molecular flexibility index (Phi) is 5.04. The zero-order valence-electron chi connectivity index (χ0n) is 8.63. The summed E-state index contributed by atoms with van der Waals surface area (Å²) in [5, 5.41) is 0.454. The first-order chi connectivity index (χ1) is 7.46. The Labute approximate surface area is 109 Å². The van der Waals surface area contributed by atoms with Gasteiger partial charge in [-0.2, -0.15) is 13.1 Å². The maximum atomic E-state index is 11.5. The average molecular weight is 328 g/mol. The van der Waals surface area contributed by atoms with Crippen LogP contribution in [0.2, 0.25) is 5.02 Å². The van der Waals surface area contributed by atoms with Crippen LogP contribution in [0.3, 0.4) is 0 Å². The number of anilines is 1. The summed E-state index contributed by atoms with van der Waals surface area (Å²) in [5.41, 5.74) is 0.413. The van der Waals surface area contributed by atoms with E-state index in [9.17, 15) is 8.42 Å². The molecule has 0 aromatic heterocycles. The molecule has 0 aliphatic heterocycles. The summed E-state index contributed by atoms with van der Waals surface area (Å²) in [5.74, 6) is 0. The van der Waals surface area contributed by atoms with Gasteiger partial charge in [0.2, 0.25) is 0 Å². The first kappa shape index (κ1) is 13.8. The zero-order chi connectivity index (χ0) is 12.2. The van der Waals surface area contributed by atoms with E-state index in [0.29, 0.717) is 21.7 Å². The van der Waals surface area contributed by atoms with Crippen molar-refractivity contribution >= 4 is 43.4 Å². The van der Waals surface area contributed by atoms with Crippen LogP contribution in [0, 0.1) is 0 Å². The molecule has 90 valence electrons. The van der Waals surface area contributed by atoms with Crippen LogP contribution in [0.4, 0.5) is 5.69 Å². The summed E-state index contributed by atoms with van der Waals surface area (Å²) in [6.07, 6.45) is 0.734. The third-order valence-electron chi connectivity index (χ3n) is 1.74. The zero-order valence-corrected chi connectivity index (χ0v) is 11.8. The maximum absolute atomic E-state index is 11.5. The largest absolute Gasteiger partial charge is 0.299 e. The van der Waals surface area contributed by atoms with Gasteiger partial charge in [-0.3, -0.25) is 4.72 Å². The van der Waals surface area contributed by atoms with Crippen LogP contribution in [0.5, 0.6) is 0 Å². The lowest BCUT2D eigenvalue weighted by Gasteiger charge is -2.10. The smallest absolute Gasteiger partial charge is 0.270 e. The number of hydrogen-bond donors (Lipinski definition) is 2. The molecule has 7 heteroatoms. The highest BCUT2D eigenvalue weighted by molar-refractivity contribution is 9.10. The highest BCUT2D eigenvalue weighted by atomic mass is 79.9. The molecule has 0 unspecified atom stereocenters. The number of hydrogen-bond acceptors (Lipinski definition) is 2. The van der Waals surface area contributed by atoms with Gasteiger partial charge < -0.3 is 0 Å². The predicted octanol–water partition coefficient (Wildman–Crippen LogP) is 2.76. The molecule has 0 spiro atoms. The Morgan fingerprint density at radius 1 is 1.44 bits per heavy atom. The normalized spacial score (nSPS) is 11.4. The van der Waals surface area contributed by atoms with Crippen molar-refractivity contribution < 1.29 is 8.42 Å². The van der Waals surface area contributed by atoms with Crippen LogP contribution >= 0.6 is 27.5 Å². The average Bonchev–Trinajstić information content (AvgIpc) is 2.22. The van der Waals surface area contributed by atoms with Crippen molar-refractivity contribution in [2.24, 2.45) is 0 Å². The van der Waals surface area contributed by atoms with E-state index in [1.54, 1.807) is 18.2 Å². The quantitative estimate of drug-likeness (QED) is 0.873. The van der Waals surface area contributed by atoms with Gasteiger partial charge in [0.05, 0.1) is 15.2 Å². The van der Waals surface area contributed by atoms with Crippen molar-refractivity contribution in [2.45, 2.75) is 13.3 Å². The summed E-state index contributed by atoms with van der Waals surface area (Å²) in [6, 6.07) is 4.97. The molecule has 1 aromatic rings. The molecule has 4 nitrogen and oxygen atoms in total. The fraction of sp³-hybridized carbons (Fsp3) is 0.333. The predicted molar refractivity (Wildman–Crippen MR) is 70.0 cm³/mol. The Balaban J connectivity index is 2.84. The van der Waals surface area contributed by atoms with E-state index < -0.39 is 10.2 Å². The van der Waals surface area contributed by atoms with Crippen molar-refractivity contribution in [1.29, 1.82) is 0 Å². The molecule has 0 radical (unpaired) electrons. The summed E-state index contributed by atoms with van der Waals surface area (Å²) in [7, 11) is -3.52. The summed E-state index contributed by atoms with van der Waals surface area (Å²) in [4.78, 5) is 0. The van der Waals surface area contributed by atoms with Crippen LogP contribution in [-0.2, 0) is 10.2 Å². The van der Waals surface area contributed by atoms with Gasteiger partial charge in [-0.1, -0.05) is 24.6 Å². The summed E-state index contributed by atoms with van der Waals surface area (Å²) < 4.78 is 28.4. The Hall–Kier alpha value is -0.300. The number of benzene rings is 1. The number of nitrogens with one attached hydrogen (secondary N) is 2. The minimum atomic E-state index is -3.52. The Morgan fingerprint density at radius 3 is 2.75 bits per heavy atom. The lowest BCUT2D eigenvalue weighted by Crippen LogP contribution is -2.30. The molecule has 0 aliphatic carbocycles. The molecule has 2 N–H and O–H groups in total. The van der Waals surface area contributed by atoms with Crippen LogP contribution in [-0.4, -0.2) is 15.0 Å². The molecule has 0 atom stereocenters. The van der Waals surface area contributed by atoms with Crippen molar-refractivity contribution in [3.8, 4) is 0 Å². The van der Waals surface area contributed by atoms with E-state index >= 15 is 0 Å². The molecule has 0 saturated heterocycles. The third-order valence-corrected chi connectivity index (χ3v) is 4.21. The fourth-order valence-electron chi connectivity index (χ4n) is 1.000. The van der Waals surface area contributed by atoms with Crippen molar-refractivity contribution in [1.82, 2.24) is 4.72 Å². The van der Waals surface area contributed by atoms with E-state index in [1.165, 1.54) is 0 Å². The van der Waals surface area contributed by atoms with E-state index in [-0.39, 0.29) is 0 Å². The lowest BCUT2D eigenvalue weighted by molar-refractivity contribution is 0.586. The van der Waals surface area contributed by atoms with Crippen LogP contribution in [0.15, 0.2) is 22.7 Å². The SMILES string of the molecule is CCCNS(=O)(=O)Nc1cccc(Cl)c1Br. The first-order valence-corrected chi connectivity index (χ1v) is 7.33. The van der Waals surface area contributed by atoms with Gasteiger partial charge in [0.15, 0.2) is 0 Å². The van der Waals surface area contributed by atoms with Crippen LogP contribution in [0.1, 0.15) is 13.3 Å². The Morgan fingerprint density at radius 2 is 2.12 bits per heavy atom. The molecule has 1 aromatic carbocycles. The molecular weight excluding hydrogens is 316 g/mol. The van der Waals surface area contributed by atoms with Crippen molar-refractivity contribution in [3.05, 3.63) is 27.7 Å². The van der Waals surface area contributed by atoms with Gasteiger partial charge in [-0.25, -0.2) is 0 Å². The van der Waals surface area contributed by atoms with Crippen LogP contribution in [0.25, 0.3) is 0 Å². The molecule has 0 heterocycles. The second kappa shape index (κ2) is 5.86. The number of halogens is 2. The molecule has 0 saturated carbocycles. The summed E-state index contributed by atoms with van der Waals surface area (Å²) in [6.45, 7) is 2.28. The third kappa shape index (κ3) is 3.93. The molecule has 16 heavy (non-hydrogen) atoms. The molecule has 1 rings (SSSR count). The standard InChI is InChI=1S/C9H12BrClN2O2S/c1-2-6-12-16(14,15)13-8-5-3-4-7(11)9(8)10/h3-5,12-13H,2,6H2,1H3. The minimum Gasteiger partial charge on any atom is -0.270 e. The van der Waals surface area contributed by atoms with E-state index in [2.05, 4.69) is 25.4 Å². The second-order valence-electron chi connectivity index (χ2n) is 3.10. The highest BCUT2D eigenvalue weighted by Crippen LogP contribution is 2.30. The number of rotatable bonds is 5. The van der Waals surface area contributed by atoms with Gasteiger partial charge >= 0.3 is 0 Å². The van der Waals surface area contributed by atoms with Crippen LogP contribution < -0.4 is 9.44 Å². The van der Waals surface area contributed by atoms with Crippen molar-refractivity contribution in [2.75, 3.05) is 11.3 Å². The minimum absolute atomic E-state index is 0.396. The monoisotopic (exact) mass is 326 g/mol. The molecule has 0 aliphatic rings. The van der Waals surface area contributed by atoms with E-state index in [1.807, 2.05) is 6.92 Å². The molecule has 0 fully saturated rings. The fourth-order valence-corrected chi connectivity index (χ4v) is 2.67. The topological polar surface area (TPSA) is 58.2 Å². The van der Waals surface area contributed by atoms with E-state index in [4.69, 9.17) is 11.6 Å². The van der Waals surface area contributed by atoms with E-state index in [0.717, 1.165) is 6.42 Å². The lowest BCUT2D eigenvalue weighted by atomic mass is 10.3. The molecule has 0 bridgehead atoms. The maximum Gasteiger partial charge on any atom is 0.299 e. The molecular formula is C9H12BrClN2O2S. The second-order valence-corrected chi connectivity index (χ2v) is 5.80. The Bertz CT molecular complexity index is 465. The first-order valence-electron chi connectivity index (χ1n) is 4.67. The summed E-state index contributed by atoms with van der Waals surface area (Å²) >= 11 is 9.06. The molecule has 0 amide bonds. The van der Waals surface area contributed by atoms with Gasteiger partial charge in [-0.15, -0.1) is 0 Å². The highest BCUT2D eigenvalue weighted by Gasteiger charge is 2.11.